The van der Waals surface area contributed by atoms with E-state index < -0.39 is 0 Å². The topological polar surface area (TPSA) is 15.3 Å². The Hall–Kier alpha value is -1.02. The van der Waals surface area contributed by atoms with Gasteiger partial charge < -0.3 is 10.2 Å². The van der Waals surface area contributed by atoms with Gasteiger partial charge in [0.2, 0.25) is 0 Å². The zero-order valence-electron chi connectivity index (χ0n) is 13.3. The van der Waals surface area contributed by atoms with Crippen LogP contribution in [0.15, 0.2) is 18.2 Å². The molecule has 0 radical (unpaired) electrons. The molecular formula is C18H30N2. The molecule has 2 nitrogen and oxygen atoms in total. The number of hydrogen-bond acceptors (Lipinski definition) is 2. The molecule has 1 heterocycles. The molecule has 0 saturated carbocycles. The maximum absolute atomic E-state index is 3.56. The smallest absolute Gasteiger partial charge is 0.0412 e. The third-order valence-corrected chi connectivity index (χ3v) is 4.17. The van der Waals surface area contributed by atoms with E-state index in [1.807, 2.05) is 0 Å². The highest BCUT2D eigenvalue weighted by Gasteiger charge is 2.12. The van der Waals surface area contributed by atoms with E-state index in [1.165, 1.54) is 68.4 Å². The number of aryl methyl sites for hydroxylation is 1. The second-order valence-electron chi connectivity index (χ2n) is 6.06. The molecule has 1 N–H and O–H groups in total. The number of benzene rings is 1. The third-order valence-electron chi connectivity index (χ3n) is 4.17. The number of anilines is 1. The number of hydrogen-bond donors (Lipinski definition) is 1. The molecule has 20 heavy (non-hydrogen) atoms. The summed E-state index contributed by atoms with van der Waals surface area (Å²) in [6, 6.07) is 6.95. The SMILES string of the molecule is CCCNCc1cc(C)ccc1N1CCCCCCC1. The van der Waals surface area contributed by atoms with Crippen LogP contribution >= 0.6 is 0 Å². The first-order chi connectivity index (χ1) is 9.81. The lowest BCUT2D eigenvalue weighted by atomic mass is 10.0. The van der Waals surface area contributed by atoms with Gasteiger partial charge in [-0.15, -0.1) is 0 Å². The van der Waals surface area contributed by atoms with Crippen molar-refractivity contribution < 1.29 is 0 Å². The van der Waals surface area contributed by atoms with Gasteiger partial charge in [0.1, 0.15) is 0 Å². The van der Waals surface area contributed by atoms with Crippen LogP contribution in [0.2, 0.25) is 0 Å². The number of rotatable bonds is 5. The highest BCUT2D eigenvalue weighted by atomic mass is 15.1. The molecule has 0 amide bonds. The Labute approximate surface area is 124 Å². The normalized spacial score (nSPS) is 16.8. The Balaban J connectivity index is 2.10. The number of nitrogens with zero attached hydrogens (tertiary/aromatic N) is 1. The van der Waals surface area contributed by atoms with Crippen LogP contribution in [-0.4, -0.2) is 19.6 Å². The quantitative estimate of drug-likeness (QED) is 0.807. The van der Waals surface area contributed by atoms with Crippen LogP contribution in [0, 0.1) is 6.92 Å². The molecule has 0 bridgehead atoms. The second kappa shape index (κ2) is 8.31. The van der Waals surface area contributed by atoms with Crippen molar-refractivity contribution in [2.24, 2.45) is 0 Å². The van der Waals surface area contributed by atoms with Gasteiger partial charge in [-0.2, -0.15) is 0 Å². The van der Waals surface area contributed by atoms with Crippen molar-refractivity contribution in [3.63, 3.8) is 0 Å². The summed E-state index contributed by atoms with van der Waals surface area (Å²) >= 11 is 0. The van der Waals surface area contributed by atoms with Gasteiger partial charge in [0.25, 0.3) is 0 Å². The van der Waals surface area contributed by atoms with Crippen molar-refractivity contribution in [1.29, 1.82) is 0 Å². The summed E-state index contributed by atoms with van der Waals surface area (Å²) in [7, 11) is 0. The fourth-order valence-electron chi connectivity index (χ4n) is 3.05. The fraction of sp³-hybridized carbons (Fsp3) is 0.667. The molecular weight excluding hydrogens is 244 g/mol. The zero-order valence-corrected chi connectivity index (χ0v) is 13.3. The van der Waals surface area contributed by atoms with Gasteiger partial charge in [-0.25, -0.2) is 0 Å². The van der Waals surface area contributed by atoms with Crippen molar-refractivity contribution in [3.05, 3.63) is 29.3 Å². The summed E-state index contributed by atoms with van der Waals surface area (Å²) in [4.78, 5) is 2.61. The van der Waals surface area contributed by atoms with Crippen molar-refractivity contribution in [3.8, 4) is 0 Å². The monoisotopic (exact) mass is 274 g/mol. The van der Waals surface area contributed by atoms with E-state index in [-0.39, 0.29) is 0 Å². The van der Waals surface area contributed by atoms with Crippen LogP contribution in [-0.2, 0) is 6.54 Å². The summed E-state index contributed by atoms with van der Waals surface area (Å²) in [6.07, 6.45) is 8.10. The van der Waals surface area contributed by atoms with Gasteiger partial charge in [0, 0.05) is 25.3 Å². The van der Waals surface area contributed by atoms with Gasteiger partial charge in [-0.05, 0) is 44.4 Å². The molecule has 1 aliphatic rings. The van der Waals surface area contributed by atoms with E-state index in [1.54, 1.807) is 0 Å². The van der Waals surface area contributed by atoms with Crippen LogP contribution in [0.5, 0.6) is 0 Å². The van der Waals surface area contributed by atoms with E-state index >= 15 is 0 Å². The average molecular weight is 274 g/mol. The maximum atomic E-state index is 3.56. The molecule has 0 spiro atoms. The van der Waals surface area contributed by atoms with Gasteiger partial charge >= 0.3 is 0 Å². The molecule has 1 fully saturated rings. The van der Waals surface area contributed by atoms with Crippen molar-refractivity contribution in [1.82, 2.24) is 5.32 Å². The Kier molecular flexibility index (Phi) is 6.38. The van der Waals surface area contributed by atoms with Crippen LogP contribution in [0.3, 0.4) is 0 Å². The van der Waals surface area contributed by atoms with Gasteiger partial charge in [0.05, 0.1) is 0 Å². The van der Waals surface area contributed by atoms with E-state index in [4.69, 9.17) is 0 Å². The molecule has 2 heteroatoms. The summed E-state index contributed by atoms with van der Waals surface area (Å²) < 4.78 is 0. The van der Waals surface area contributed by atoms with Crippen LogP contribution in [0.25, 0.3) is 0 Å². The number of nitrogens with one attached hydrogen (secondary N) is 1. The lowest BCUT2D eigenvalue weighted by Crippen LogP contribution is -2.29. The largest absolute Gasteiger partial charge is 0.371 e. The van der Waals surface area contributed by atoms with Crippen LogP contribution < -0.4 is 10.2 Å². The predicted octanol–water partition coefficient (Wildman–Crippen LogP) is 4.27. The van der Waals surface area contributed by atoms with E-state index in [0.717, 1.165) is 13.1 Å². The minimum atomic E-state index is 1.00. The molecule has 1 aromatic carbocycles. The van der Waals surface area contributed by atoms with E-state index in [0.29, 0.717) is 0 Å². The van der Waals surface area contributed by atoms with Gasteiger partial charge in [-0.1, -0.05) is 43.9 Å². The zero-order chi connectivity index (χ0) is 14.2. The lowest BCUT2D eigenvalue weighted by Gasteiger charge is -2.29. The molecule has 1 saturated heterocycles. The first-order valence-corrected chi connectivity index (χ1v) is 8.36. The molecule has 112 valence electrons. The van der Waals surface area contributed by atoms with Crippen LogP contribution in [0.1, 0.15) is 56.6 Å². The highest BCUT2D eigenvalue weighted by Crippen LogP contribution is 2.24. The van der Waals surface area contributed by atoms with E-state index in [2.05, 4.69) is 42.3 Å². The summed E-state index contributed by atoms with van der Waals surface area (Å²) in [5, 5.41) is 3.56. The van der Waals surface area contributed by atoms with Crippen molar-refractivity contribution >= 4 is 5.69 Å². The van der Waals surface area contributed by atoms with Gasteiger partial charge in [-0.3, -0.25) is 0 Å². The first kappa shape index (κ1) is 15.4. The Morgan fingerprint density at radius 3 is 2.45 bits per heavy atom. The summed E-state index contributed by atoms with van der Waals surface area (Å²) in [5.74, 6) is 0. The summed E-state index contributed by atoms with van der Waals surface area (Å²) in [6.45, 7) is 8.98. The van der Waals surface area contributed by atoms with E-state index in [9.17, 15) is 0 Å². The van der Waals surface area contributed by atoms with Gasteiger partial charge in [0.15, 0.2) is 0 Å². The van der Waals surface area contributed by atoms with Crippen molar-refractivity contribution in [2.75, 3.05) is 24.5 Å². The highest BCUT2D eigenvalue weighted by molar-refractivity contribution is 5.55. The Morgan fingerprint density at radius 1 is 1.05 bits per heavy atom. The molecule has 0 unspecified atom stereocenters. The third kappa shape index (κ3) is 4.52. The minimum absolute atomic E-state index is 1.00. The second-order valence-corrected chi connectivity index (χ2v) is 6.06. The summed E-state index contributed by atoms with van der Waals surface area (Å²) in [5.41, 5.74) is 4.30. The minimum Gasteiger partial charge on any atom is -0.371 e. The molecule has 0 aliphatic carbocycles. The molecule has 1 aliphatic heterocycles. The fourth-order valence-corrected chi connectivity index (χ4v) is 3.05. The average Bonchev–Trinajstić information content (AvgIpc) is 2.40. The van der Waals surface area contributed by atoms with Crippen molar-refractivity contribution in [2.45, 2.75) is 58.9 Å². The molecule has 0 atom stereocenters. The first-order valence-electron chi connectivity index (χ1n) is 8.36. The lowest BCUT2D eigenvalue weighted by molar-refractivity contribution is 0.554. The predicted molar refractivity (Wildman–Crippen MR) is 88.5 cm³/mol. The Morgan fingerprint density at radius 2 is 1.75 bits per heavy atom. The maximum Gasteiger partial charge on any atom is 0.0412 e. The van der Waals surface area contributed by atoms with Crippen LogP contribution in [0.4, 0.5) is 5.69 Å². The molecule has 0 aromatic heterocycles. The standard InChI is InChI=1S/C18H30N2/c1-3-11-19-15-17-14-16(2)9-10-18(17)20-12-7-5-4-6-8-13-20/h9-10,14,19H,3-8,11-13,15H2,1-2H3. The molecule has 1 aromatic rings. The Bertz CT molecular complexity index is 392. The molecule has 2 rings (SSSR count).